The summed E-state index contributed by atoms with van der Waals surface area (Å²) in [7, 11) is 3.81. The molecule has 0 bridgehead atoms. The van der Waals surface area contributed by atoms with E-state index in [1.165, 1.54) is 0 Å². The second-order valence-electron chi connectivity index (χ2n) is 5.47. The van der Waals surface area contributed by atoms with Gasteiger partial charge in [-0.3, -0.25) is 9.69 Å². The minimum Gasteiger partial charge on any atom is -0.350 e. The zero-order valence-corrected chi connectivity index (χ0v) is 12.8. The SMILES string of the molecule is CN(C)C(C(=O)N[C@H]1CCCNC1)c1cccc(Cl)c1. The summed E-state index contributed by atoms with van der Waals surface area (Å²) >= 11 is 6.03. The lowest BCUT2D eigenvalue weighted by molar-refractivity contribution is -0.126. The number of carbonyl (C=O) groups excluding carboxylic acids is 1. The molecule has 0 saturated carbocycles. The Labute approximate surface area is 125 Å². The number of hydrogen-bond donors (Lipinski definition) is 2. The molecule has 20 heavy (non-hydrogen) atoms. The van der Waals surface area contributed by atoms with Crippen LogP contribution in [0, 0.1) is 0 Å². The van der Waals surface area contributed by atoms with E-state index in [1.807, 2.05) is 43.3 Å². The highest BCUT2D eigenvalue weighted by atomic mass is 35.5. The molecular weight excluding hydrogens is 274 g/mol. The van der Waals surface area contributed by atoms with E-state index in [1.54, 1.807) is 0 Å². The van der Waals surface area contributed by atoms with E-state index in [9.17, 15) is 4.79 Å². The Bertz CT molecular complexity index is 458. The van der Waals surface area contributed by atoms with Crippen LogP contribution in [0.25, 0.3) is 0 Å². The summed E-state index contributed by atoms with van der Waals surface area (Å²) in [6.45, 7) is 1.89. The van der Waals surface area contributed by atoms with Crippen molar-refractivity contribution in [3.63, 3.8) is 0 Å². The van der Waals surface area contributed by atoms with Crippen LogP contribution < -0.4 is 10.6 Å². The zero-order valence-electron chi connectivity index (χ0n) is 12.0. The molecule has 0 spiro atoms. The van der Waals surface area contributed by atoms with E-state index in [-0.39, 0.29) is 18.0 Å². The van der Waals surface area contributed by atoms with Crippen molar-refractivity contribution in [3.8, 4) is 0 Å². The van der Waals surface area contributed by atoms with Crippen molar-refractivity contribution < 1.29 is 4.79 Å². The summed E-state index contributed by atoms with van der Waals surface area (Å²) in [4.78, 5) is 14.5. The number of piperidine rings is 1. The lowest BCUT2D eigenvalue weighted by Gasteiger charge is -2.29. The second-order valence-corrected chi connectivity index (χ2v) is 5.91. The van der Waals surface area contributed by atoms with Crippen molar-refractivity contribution in [1.29, 1.82) is 0 Å². The Balaban J connectivity index is 2.09. The lowest BCUT2D eigenvalue weighted by atomic mass is 10.0. The van der Waals surface area contributed by atoms with E-state index in [2.05, 4.69) is 10.6 Å². The summed E-state index contributed by atoms with van der Waals surface area (Å²) < 4.78 is 0. The van der Waals surface area contributed by atoms with Crippen LogP contribution in [-0.4, -0.2) is 44.0 Å². The molecule has 2 N–H and O–H groups in total. The van der Waals surface area contributed by atoms with Gasteiger partial charge in [0, 0.05) is 17.6 Å². The number of benzene rings is 1. The fraction of sp³-hybridized carbons (Fsp3) is 0.533. The number of carbonyl (C=O) groups is 1. The fourth-order valence-electron chi connectivity index (χ4n) is 2.62. The number of hydrogen-bond acceptors (Lipinski definition) is 3. The van der Waals surface area contributed by atoms with Gasteiger partial charge in [0.1, 0.15) is 6.04 Å². The normalized spacial score (nSPS) is 20.7. The quantitative estimate of drug-likeness (QED) is 0.890. The summed E-state index contributed by atoms with van der Waals surface area (Å²) in [5, 5.41) is 7.09. The van der Waals surface area contributed by atoms with Crippen LogP contribution in [0.3, 0.4) is 0 Å². The molecule has 110 valence electrons. The zero-order chi connectivity index (χ0) is 14.5. The van der Waals surface area contributed by atoms with Crippen LogP contribution in [-0.2, 0) is 4.79 Å². The Kier molecular flexibility index (Phi) is 5.40. The molecule has 0 aromatic heterocycles. The van der Waals surface area contributed by atoms with Crippen molar-refractivity contribution in [2.75, 3.05) is 27.2 Å². The highest BCUT2D eigenvalue weighted by Crippen LogP contribution is 2.22. The Morgan fingerprint density at radius 1 is 1.50 bits per heavy atom. The molecular formula is C15H22ClN3O. The molecule has 1 aliphatic heterocycles. The smallest absolute Gasteiger partial charge is 0.242 e. The standard InChI is InChI=1S/C15H22ClN3O/c1-19(2)14(11-5-3-6-12(16)9-11)15(20)18-13-7-4-8-17-10-13/h3,5-6,9,13-14,17H,4,7-8,10H2,1-2H3,(H,18,20)/t13-,14?/m0/s1. The largest absolute Gasteiger partial charge is 0.350 e. The summed E-state index contributed by atoms with van der Waals surface area (Å²) in [6.07, 6.45) is 2.14. The molecule has 4 nitrogen and oxygen atoms in total. The maximum Gasteiger partial charge on any atom is 0.242 e. The lowest BCUT2D eigenvalue weighted by Crippen LogP contribution is -2.48. The molecule has 1 aromatic rings. The molecule has 1 unspecified atom stereocenters. The average Bonchev–Trinajstić information content (AvgIpc) is 2.39. The first-order valence-electron chi connectivity index (χ1n) is 7.01. The van der Waals surface area contributed by atoms with Crippen LogP contribution in [0.1, 0.15) is 24.4 Å². The molecule has 1 fully saturated rings. The number of likely N-dealkylation sites (N-methyl/N-ethyl adjacent to an activating group) is 1. The maximum absolute atomic E-state index is 12.5. The van der Waals surface area contributed by atoms with Crippen molar-refractivity contribution in [2.24, 2.45) is 0 Å². The predicted molar refractivity (Wildman–Crippen MR) is 81.9 cm³/mol. The van der Waals surface area contributed by atoms with Gasteiger partial charge in [-0.25, -0.2) is 0 Å². The van der Waals surface area contributed by atoms with Crippen LogP contribution >= 0.6 is 11.6 Å². The molecule has 1 aromatic carbocycles. The Morgan fingerprint density at radius 2 is 2.30 bits per heavy atom. The van der Waals surface area contributed by atoms with Crippen LogP contribution in [0.2, 0.25) is 5.02 Å². The highest BCUT2D eigenvalue weighted by molar-refractivity contribution is 6.30. The average molecular weight is 296 g/mol. The molecule has 1 saturated heterocycles. The van der Waals surface area contributed by atoms with Gasteiger partial charge < -0.3 is 10.6 Å². The third kappa shape index (κ3) is 3.95. The van der Waals surface area contributed by atoms with Gasteiger partial charge >= 0.3 is 0 Å². The van der Waals surface area contributed by atoms with Gasteiger partial charge in [0.15, 0.2) is 0 Å². The Hall–Kier alpha value is -1.10. The first kappa shape index (κ1) is 15.3. The van der Waals surface area contributed by atoms with Gasteiger partial charge in [0.2, 0.25) is 5.91 Å². The van der Waals surface area contributed by atoms with E-state index in [0.29, 0.717) is 5.02 Å². The molecule has 1 amide bonds. The minimum atomic E-state index is -0.310. The first-order chi connectivity index (χ1) is 9.58. The number of amides is 1. The van der Waals surface area contributed by atoms with Gasteiger partial charge in [0.05, 0.1) is 0 Å². The van der Waals surface area contributed by atoms with E-state index in [0.717, 1.165) is 31.5 Å². The van der Waals surface area contributed by atoms with Gasteiger partial charge in [-0.2, -0.15) is 0 Å². The van der Waals surface area contributed by atoms with Crippen LogP contribution in [0.15, 0.2) is 24.3 Å². The van der Waals surface area contributed by atoms with E-state index >= 15 is 0 Å². The monoisotopic (exact) mass is 295 g/mol. The number of nitrogens with zero attached hydrogens (tertiary/aromatic N) is 1. The molecule has 0 radical (unpaired) electrons. The third-order valence-electron chi connectivity index (χ3n) is 3.57. The first-order valence-corrected chi connectivity index (χ1v) is 7.38. The molecule has 2 rings (SSSR count). The predicted octanol–water partition coefficient (Wildman–Crippen LogP) is 1.81. The summed E-state index contributed by atoms with van der Waals surface area (Å²) in [6, 6.07) is 7.40. The number of nitrogens with one attached hydrogen (secondary N) is 2. The maximum atomic E-state index is 12.5. The van der Waals surface area contributed by atoms with Crippen molar-refractivity contribution >= 4 is 17.5 Å². The molecule has 1 aliphatic rings. The van der Waals surface area contributed by atoms with E-state index < -0.39 is 0 Å². The van der Waals surface area contributed by atoms with Gasteiger partial charge in [-0.1, -0.05) is 23.7 Å². The fourth-order valence-corrected chi connectivity index (χ4v) is 2.81. The minimum absolute atomic E-state index is 0.0333. The van der Waals surface area contributed by atoms with Crippen molar-refractivity contribution in [2.45, 2.75) is 24.9 Å². The van der Waals surface area contributed by atoms with Gasteiger partial charge in [-0.15, -0.1) is 0 Å². The molecule has 2 atom stereocenters. The molecule has 1 heterocycles. The van der Waals surface area contributed by atoms with Gasteiger partial charge in [0.25, 0.3) is 0 Å². The van der Waals surface area contributed by atoms with Crippen molar-refractivity contribution in [1.82, 2.24) is 15.5 Å². The number of halogens is 1. The summed E-state index contributed by atoms with van der Waals surface area (Å²) in [5.74, 6) is 0.0333. The highest BCUT2D eigenvalue weighted by Gasteiger charge is 2.25. The van der Waals surface area contributed by atoms with Crippen molar-refractivity contribution in [3.05, 3.63) is 34.9 Å². The van der Waals surface area contributed by atoms with Crippen LogP contribution in [0.4, 0.5) is 0 Å². The summed E-state index contributed by atoms with van der Waals surface area (Å²) in [5.41, 5.74) is 0.920. The molecule has 0 aliphatic carbocycles. The Morgan fingerprint density at radius 3 is 2.90 bits per heavy atom. The second kappa shape index (κ2) is 7.07. The topological polar surface area (TPSA) is 44.4 Å². The third-order valence-corrected chi connectivity index (χ3v) is 3.81. The molecule has 5 heteroatoms. The number of rotatable bonds is 4. The van der Waals surface area contributed by atoms with E-state index in [4.69, 9.17) is 11.6 Å². The van der Waals surface area contributed by atoms with Crippen LogP contribution in [0.5, 0.6) is 0 Å². The van der Waals surface area contributed by atoms with Gasteiger partial charge in [-0.05, 0) is 51.2 Å².